The summed E-state index contributed by atoms with van der Waals surface area (Å²) in [5.41, 5.74) is 1.27. The SMILES string of the molecule is CCOC(=O)C1C(C)=NC(=O)NC1c1ccc(OCC)cc1. The van der Waals surface area contributed by atoms with Crippen molar-refractivity contribution in [2.45, 2.75) is 26.8 Å². The molecule has 0 saturated heterocycles. The third-order valence-electron chi connectivity index (χ3n) is 3.43. The van der Waals surface area contributed by atoms with Crippen molar-refractivity contribution in [2.24, 2.45) is 10.9 Å². The van der Waals surface area contributed by atoms with E-state index in [-0.39, 0.29) is 12.6 Å². The standard InChI is InChI=1S/C16H20N2O4/c1-4-21-12-8-6-11(7-9-12)14-13(15(19)22-5-2)10(3)17-16(20)18-14/h6-9,13-14H,4-5H2,1-3H3,(H,18,20). The highest BCUT2D eigenvalue weighted by molar-refractivity contribution is 6.08. The second-order valence-electron chi connectivity index (χ2n) is 4.91. The average Bonchev–Trinajstić information content (AvgIpc) is 2.47. The van der Waals surface area contributed by atoms with Crippen LogP contribution in [-0.4, -0.2) is 30.9 Å². The molecule has 1 aliphatic heterocycles. The Balaban J connectivity index is 2.30. The molecule has 2 rings (SSSR count). The summed E-state index contributed by atoms with van der Waals surface area (Å²) in [5.74, 6) is -0.260. The van der Waals surface area contributed by atoms with Crippen LogP contribution in [0.25, 0.3) is 0 Å². The maximum Gasteiger partial charge on any atom is 0.341 e. The predicted molar refractivity (Wildman–Crippen MR) is 82.1 cm³/mol. The maximum atomic E-state index is 12.2. The Hall–Kier alpha value is -2.37. The van der Waals surface area contributed by atoms with Gasteiger partial charge in [0.2, 0.25) is 0 Å². The molecule has 0 bridgehead atoms. The van der Waals surface area contributed by atoms with Crippen LogP contribution in [0.1, 0.15) is 32.4 Å². The van der Waals surface area contributed by atoms with E-state index in [1.807, 2.05) is 31.2 Å². The molecule has 1 aromatic carbocycles. The predicted octanol–water partition coefficient (Wildman–Crippen LogP) is 2.49. The van der Waals surface area contributed by atoms with Crippen molar-refractivity contribution >= 4 is 17.7 Å². The zero-order valence-electron chi connectivity index (χ0n) is 13.0. The lowest BCUT2D eigenvalue weighted by atomic mass is 9.88. The van der Waals surface area contributed by atoms with Gasteiger partial charge in [-0.15, -0.1) is 0 Å². The van der Waals surface area contributed by atoms with Crippen molar-refractivity contribution in [1.29, 1.82) is 0 Å². The Bertz CT molecular complexity index is 580. The molecule has 0 aromatic heterocycles. The first-order chi connectivity index (χ1) is 10.6. The minimum absolute atomic E-state index is 0.284. The Morgan fingerprint density at radius 2 is 1.91 bits per heavy atom. The Morgan fingerprint density at radius 1 is 1.23 bits per heavy atom. The number of amides is 2. The molecule has 1 heterocycles. The molecule has 0 radical (unpaired) electrons. The zero-order chi connectivity index (χ0) is 16.1. The molecule has 0 spiro atoms. The molecule has 1 N–H and O–H groups in total. The molecule has 22 heavy (non-hydrogen) atoms. The molecule has 6 heteroatoms. The normalized spacial score (nSPS) is 20.9. The summed E-state index contributed by atoms with van der Waals surface area (Å²) in [4.78, 5) is 27.7. The van der Waals surface area contributed by atoms with Crippen LogP contribution in [-0.2, 0) is 9.53 Å². The summed E-state index contributed by atoms with van der Waals surface area (Å²) in [6.45, 7) is 6.19. The van der Waals surface area contributed by atoms with E-state index >= 15 is 0 Å². The average molecular weight is 304 g/mol. The second-order valence-corrected chi connectivity index (χ2v) is 4.91. The summed E-state index contributed by atoms with van der Waals surface area (Å²) < 4.78 is 10.5. The van der Waals surface area contributed by atoms with Gasteiger partial charge in [-0.2, -0.15) is 0 Å². The number of benzene rings is 1. The fourth-order valence-electron chi connectivity index (χ4n) is 2.47. The quantitative estimate of drug-likeness (QED) is 0.848. The van der Waals surface area contributed by atoms with Gasteiger partial charge in [0, 0.05) is 5.71 Å². The minimum atomic E-state index is -0.615. The van der Waals surface area contributed by atoms with Gasteiger partial charge in [-0.1, -0.05) is 12.1 Å². The van der Waals surface area contributed by atoms with Crippen LogP contribution in [0.15, 0.2) is 29.3 Å². The maximum absolute atomic E-state index is 12.2. The summed E-state index contributed by atoms with van der Waals surface area (Å²) in [7, 11) is 0. The minimum Gasteiger partial charge on any atom is -0.494 e. The number of carbonyl (C=O) groups is 2. The highest BCUT2D eigenvalue weighted by Gasteiger charge is 2.37. The van der Waals surface area contributed by atoms with Crippen LogP contribution in [0.5, 0.6) is 5.75 Å². The first-order valence-electron chi connectivity index (χ1n) is 7.31. The smallest absolute Gasteiger partial charge is 0.341 e. The van der Waals surface area contributed by atoms with E-state index in [0.29, 0.717) is 12.3 Å². The van der Waals surface area contributed by atoms with E-state index in [9.17, 15) is 9.59 Å². The van der Waals surface area contributed by atoms with Gasteiger partial charge >= 0.3 is 12.0 Å². The van der Waals surface area contributed by atoms with Gasteiger partial charge in [-0.25, -0.2) is 9.79 Å². The molecule has 1 aliphatic rings. The molecule has 2 amide bonds. The van der Waals surface area contributed by atoms with Gasteiger partial charge < -0.3 is 14.8 Å². The lowest BCUT2D eigenvalue weighted by Gasteiger charge is -2.29. The number of urea groups is 1. The van der Waals surface area contributed by atoms with Crippen molar-refractivity contribution in [1.82, 2.24) is 5.32 Å². The van der Waals surface area contributed by atoms with Gasteiger partial charge in [0.05, 0.1) is 19.3 Å². The molecule has 2 atom stereocenters. The number of aliphatic imine (C=N–C) groups is 1. The topological polar surface area (TPSA) is 77.0 Å². The van der Waals surface area contributed by atoms with Crippen LogP contribution >= 0.6 is 0 Å². The van der Waals surface area contributed by atoms with E-state index in [4.69, 9.17) is 9.47 Å². The number of hydrogen-bond acceptors (Lipinski definition) is 4. The number of hydrogen-bond donors (Lipinski definition) is 1. The van der Waals surface area contributed by atoms with E-state index in [0.717, 1.165) is 11.3 Å². The summed E-state index contributed by atoms with van der Waals surface area (Å²) in [6.07, 6.45) is 0. The van der Waals surface area contributed by atoms with Gasteiger partial charge in [0.15, 0.2) is 0 Å². The Morgan fingerprint density at radius 3 is 2.50 bits per heavy atom. The summed E-state index contributed by atoms with van der Waals surface area (Å²) in [5, 5.41) is 2.74. The zero-order valence-corrected chi connectivity index (χ0v) is 13.0. The highest BCUT2D eigenvalue weighted by Crippen LogP contribution is 2.29. The first kappa shape index (κ1) is 16.0. The lowest BCUT2D eigenvalue weighted by molar-refractivity contribution is -0.146. The van der Waals surface area contributed by atoms with Crippen LogP contribution in [0.2, 0.25) is 0 Å². The molecule has 1 aromatic rings. The number of rotatable bonds is 5. The summed E-state index contributed by atoms with van der Waals surface area (Å²) >= 11 is 0. The molecule has 0 aliphatic carbocycles. The fraction of sp³-hybridized carbons (Fsp3) is 0.438. The van der Waals surface area contributed by atoms with Gasteiger partial charge in [-0.3, -0.25) is 4.79 Å². The Kier molecular flexibility index (Phi) is 5.14. The number of nitrogens with one attached hydrogen (secondary N) is 1. The second kappa shape index (κ2) is 7.06. The fourth-order valence-corrected chi connectivity index (χ4v) is 2.47. The molecule has 0 fully saturated rings. The number of nitrogens with zero attached hydrogens (tertiary/aromatic N) is 1. The molecule has 6 nitrogen and oxygen atoms in total. The van der Waals surface area contributed by atoms with Crippen LogP contribution in [0.3, 0.4) is 0 Å². The van der Waals surface area contributed by atoms with Gasteiger partial charge in [0.1, 0.15) is 11.7 Å². The number of ether oxygens (including phenoxy) is 2. The summed E-state index contributed by atoms with van der Waals surface area (Å²) in [6, 6.07) is 6.36. The van der Waals surface area contributed by atoms with Crippen LogP contribution < -0.4 is 10.1 Å². The van der Waals surface area contributed by atoms with Crippen molar-refractivity contribution in [3.05, 3.63) is 29.8 Å². The van der Waals surface area contributed by atoms with Crippen molar-refractivity contribution in [3.63, 3.8) is 0 Å². The molecular weight excluding hydrogens is 284 g/mol. The first-order valence-corrected chi connectivity index (χ1v) is 7.31. The van der Waals surface area contributed by atoms with Crippen molar-refractivity contribution in [2.75, 3.05) is 13.2 Å². The van der Waals surface area contributed by atoms with E-state index < -0.39 is 18.0 Å². The molecule has 0 saturated carbocycles. The van der Waals surface area contributed by atoms with Gasteiger partial charge in [0.25, 0.3) is 0 Å². The largest absolute Gasteiger partial charge is 0.494 e. The Labute approximate surface area is 129 Å². The van der Waals surface area contributed by atoms with E-state index in [2.05, 4.69) is 10.3 Å². The van der Waals surface area contributed by atoms with Crippen LogP contribution in [0, 0.1) is 5.92 Å². The molecular formula is C16H20N2O4. The molecule has 2 unspecified atom stereocenters. The number of esters is 1. The van der Waals surface area contributed by atoms with E-state index in [1.165, 1.54) is 0 Å². The van der Waals surface area contributed by atoms with Crippen LogP contribution in [0.4, 0.5) is 4.79 Å². The van der Waals surface area contributed by atoms with E-state index in [1.54, 1.807) is 13.8 Å². The molecule has 118 valence electrons. The van der Waals surface area contributed by atoms with Crippen molar-refractivity contribution < 1.29 is 19.1 Å². The monoisotopic (exact) mass is 304 g/mol. The van der Waals surface area contributed by atoms with Crippen molar-refractivity contribution in [3.8, 4) is 5.75 Å². The number of carbonyl (C=O) groups excluding carboxylic acids is 2. The lowest BCUT2D eigenvalue weighted by Crippen LogP contribution is -2.44. The highest BCUT2D eigenvalue weighted by atomic mass is 16.5. The third kappa shape index (κ3) is 3.44. The van der Waals surface area contributed by atoms with Gasteiger partial charge in [-0.05, 0) is 38.5 Å². The third-order valence-corrected chi connectivity index (χ3v) is 3.43.